The minimum atomic E-state index is -0.370. The predicted molar refractivity (Wildman–Crippen MR) is 139 cm³/mol. The zero-order chi connectivity index (χ0) is 22.7. The maximum Gasteiger partial charge on any atom is 0.0730 e. The summed E-state index contributed by atoms with van der Waals surface area (Å²) in [4.78, 5) is 0. The van der Waals surface area contributed by atoms with Crippen molar-refractivity contribution in [3.63, 3.8) is 0 Å². The maximum atomic E-state index is 9.66. The fraction of sp³-hybridized carbons (Fsp3) is 0.667. The molecule has 31 heavy (non-hydrogen) atoms. The number of aliphatic hydroxyl groups is 1. The van der Waals surface area contributed by atoms with Crippen LogP contribution in [0.1, 0.15) is 122 Å². The molecule has 0 aliphatic heterocycles. The fourth-order valence-corrected chi connectivity index (χ4v) is 3.73. The Morgan fingerprint density at radius 1 is 0.516 bits per heavy atom. The summed E-state index contributed by atoms with van der Waals surface area (Å²) in [6.45, 7) is 0. The molecule has 0 aliphatic rings. The summed E-state index contributed by atoms with van der Waals surface area (Å²) in [5.74, 6) is 4.96. The Morgan fingerprint density at radius 2 is 0.903 bits per heavy atom. The number of hydrogen-bond acceptors (Lipinski definition) is 1. The predicted octanol–water partition coefficient (Wildman–Crippen LogP) is 8.69. The van der Waals surface area contributed by atoms with Gasteiger partial charge in [0.2, 0.25) is 0 Å². The molecule has 174 valence electrons. The molecule has 1 N–H and O–H groups in total. The van der Waals surface area contributed by atoms with Gasteiger partial charge in [0.15, 0.2) is 0 Å². The van der Waals surface area contributed by atoms with Gasteiger partial charge in [0.25, 0.3) is 0 Å². The van der Waals surface area contributed by atoms with E-state index in [1.807, 2.05) is 6.08 Å². The van der Waals surface area contributed by atoms with E-state index in [4.69, 9.17) is 12.8 Å². The van der Waals surface area contributed by atoms with Crippen molar-refractivity contribution in [3.8, 4) is 24.7 Å². The summed E-state index contributed by atoms with van der Waals surface area (Å²) in [5, 5.41) is 9.66. The summed E-state index contributed by atoms with van der Waals surface area (Å²) in [6.07, 6.45) is 46.2. The fourth-order valence-electron chi connectivity index (χ4n) is 3.73. The quantitative estimate of drug-likeness (QED) is 0.105. The minimum absolute atomic E-state index is 0.370. The molecule has 0 unspecified atom stereocenters. The zero-order valence-corrected chi connectivity index (χ0v) is 20.1. The number of hydrogen-bond donors (Lipinski definition) is 1. The van der Waals surface area contributed by atoms with Crippen LogP contribution in [-0.2, 0) is 0 Å². The SMILES string of the molecule is C#C/C=C\CCCCCCCCCC/C=C\CCCCCCCCC[C@@H](O)/C=C\C#C. The van der Waals surface area contributed by atoms with Crippen molar-refractivity contribution in [1.82, 2.24) is 0 Å². The van der Waals surface area contributed by atoms with Gasteiger partial charge in [-0.05, 0) is 63.2 Å². The molecule has 0 amide bonds. The van der Waals surface area contributed by atoms with E-state index in [2.05, 4.69) is 30.1 Å². The van der Waals surface area contributed by atoms with Crippen LogP contribution in [0.2, 0.25) is 0 Å². The first-order valence-corrected chi connectivity index (χ1v) is 12.9. The molecule has 0 radical (unpaired) electrons. The van der Waals surface area contributed by atoms with Crippen LogP contribution in [-0.4, -0.2) is 11.2 Å². The van der Waals surface area contributed by atoms with Crippen molar-refractivity contribution in [1.29, 1.82) is 0 Å². The van der Waals surface area contributed by atoms with E-state index in [0.29, 0.717) is 0 Å². The third-order valence-corrected chi connectivity index (χ3v) is 5.66. The van der Waals surface area contributed by atoms with E-state index in [9.17, 15) is 5.11 Å². The van der Waals surface area contributed by atoms with Gasteiger partial charge in [0.1, 0.15) is 0 Å². The normalized spacial score (nSPS) is 12.6. The smallest absolute Gasteiger partial charge is 0.0730 e. The lowest BCUT2D eigenvalue weighted by atomic mass is 10.0. The van der Waals surface area contributed by atoms with Crippen LogP contribution in [0.3, 0.4) is 0 Å². The molecule has 1 atom stereocenters. The Kier molecular flexibility index (Phi) is 24.9. The Hall–Kier alpha value is -1.70. The van der Waals surface area contributed by atoms with Crippen molar-refractivity contribution in [2.75, 3.05) is 0 Å². The summed E-state index contributed by atoms with van der Waals surface area (Å²) in [6, 6.07) is 0. The van der Waals surface area contributed by atoms with Gasteiger partial charge in [0.05, 0.1) is 6.10 Å². The Bertz CT molecular complexity index is 526. The molecule has 0 heterocycles. The van der Waals surface area contributed by atoms with Gasteiger partial charge in [-0.15, -0.1) is 12.8 Å². The first-order chi connectivity index (χ1) is 15.3. The summed E-state index contributed by atoms with van der Waals surface area (Å²) in [7, 11) is 0. The molecule has 0 saturated heterocycles. The van der Waals surface area contributed by atoms with Gasteiger partial charge >= 0.3 is 0 Å². The van der Waals surface area contributed by atoms with Crippen molar-refractivity contribution < 1.29 is 5.11 Å². The molecule has 0 bridgehead atoms. The molecule has 0 aromatic heterocycles. The van der Waals surface area contributed by atoms with Crippen molar-refractivity contribution in [2.24, 2.45) is 0 Å². The van der Waals surface area contributed by atoms with E-state index < -0.39 is 0 Å². The zero-order valence-electron chi connectivity index (χ0n) is 20.1. The lowest BCUT2D eigenvalue weighted by Gasteiger charge is -2.05. The second-order valence-corrected chi connectivity index (χ2v) is 8.59. The van der Waals surface area contributed by atoms with Crippen LogP contribution in [0.15, 0.2) is 36.5 Å². The Labute approximate surface area is 194 Å². The topological polar surface area (TPSA) is 20.2 Å². The summed E-state index contributed by atoms with van der Waals surface area (Å²) >= 11 is 0. The van der Waals surface area contributed by atoms with Crippen LogP contribution in [0.25, 0.3) is 0 Å². The van der Waals surface area contributed by atoms with Gasteiger partial charge in [-0.1, -0.05) is 107 Å². The average molecular weight is 425 g/mol. The van der Waals surface area contributed by atoms with Gasteiger partial charge in [-0.3, -0.25) is 0 Å². The van der Waals surface area contributed by atoms with Crippen molar-refractivity contribution in [2.45, 2.75) is 128 Å². The lowest BCUT2D eigenvalue weighted by Crippen LogP contribution is -2.01. The lowest BCUT2D eigenvalue weighted by molar-refractivity contribution is 0.208. The van der Waals surface area contributed by atoms with E-state index in [1.165, 1.54) is 103 Å². The van der Waals surface area contributed by atoms with Crippen LogP contribution in [0.4, 0.5) is 0 Å². The molecule has 0 aromatic carbocycles. The first kappa shape index (κ1) is 29.3. The number of aliphatic hydroxyl groups excluding tert-OH is 1. The maximum absolute atomic E-state index is 9.66. The summed E-state index contributed by atoms with van der Waals surface area (Å²) in [5.41, 5.74) is 0. The highest BCUT2D eigenvalue weighted by atomic mass is 16.3. The van der Waals surface area contributed by atoms with Crippen molar-refractivity contribution >= 4 is 0 Å². The van der Waals surface area contributed by atoms with Gasteiger partial charge in [-0.25, -0.2) is 0 Å². The highest BCUT2D eigenvalue weighted by Crippen LogP contribution is 2.13. The second-order valence-electron chi connectivity index (χ2n) is 8.59. The van der Waals surface area contributed by atoms with Crippen LogP contribution in [0, 0.1) is 24.7 Å². The van der Waals surface area contributed by atoms with E-state index in [1.54, 1.807) is 12.2 Å². The first-order valence-electron chi connectivity index (χ1n) is 12.9. The number of rotatable bonds is 22. The molecule has 0 rings (SSSR count). The molecular weight excluding hydrogens is 376 g/mol. The number of unbranched alkanes of at least 4 members (excludes halogenated alkanes) is 16. The number of allylic oxidation sites excluding steroid dienone is 5. The van der Waals surface area contributed by atoms with Gasteiger partial charge < -0.3 is 5.11 Å². The monoisotopic (exact) mass is 424 g/mol. The largest absolute Gasteiger partial charge is 0.389 e. The van der Waals surface area contributed by atoms with Gasteiger partial charge in [0, 0.05) is 0 Å². The molecule has 0 spiro atoms. The van der Waals surface area contributed by atoms with Gasteiger partial charge in [-0.2, -0.15) is 0 Å². The molecule has 1 heteroatoms. The van der Waals surface area contributed by atoms with E-state index in [-0.39, 0.29) is 6.10 Å². The molecule has 0 fully saturated rings. The third kappa shape index (κ3) is 26.3. The molecule has 0 aliphatic carbocycles. The van der Waals surface area contributed by atoms with Crippen LogP contribution in [0.5, 0.6) is 0 Å². The average Bonchev–Trinajstić information content (AvgIpc) is 2.78. The van der Waals surface area contributed by atoms with E-state index >= 15 is 0 Å². The molecule has 1 nitrogen and oxygen atoms in total. The third-order valence-electron chi connectivity index (χ3n) is 5.66. The van der Waals surface area contributed by atoms with E-state index in [0.717, 1.165) is 19.3 Å². The molecule has 0 aromatic rings. The Balaban J connectivity index is 3.18. The Morgan fingerprint density at radius 3 is 1.35 bits per heavy atom. The second kappa shape index (κ2) is 26.3. The standard InChI is InChI=1S/C30H48O/c1-3-5-7-8-9-10-11-12-13-14-15-16-17-18-19-20-21-22-23-24-25-26-27-29-30(31)28-6-4-2/h1-2,5-7,18-19,28,30-31H,8-17,20-27,29H2/b7-5-,19-18-,28-6-/t30-/m0/s1. The van der Waals surface area contributed by atoms with Crippen molar-refractivity contribution in [3.05, 3.63) is 36.5 Å². The highest BCUT2D eigenvalue weighted by Gasteiger charge is 1.98. The minimum Gasteiger partial charge on any atom is -0.389 e. The molecule has 0 saturated carbocycles. The molecular formula is C30H48O. The number of terminal acetylenes is 2. The van der Waals surface area contributed by atoms with Crippen LogP contribution < -0.4 is 0 Å². The highest BCUT2D eigenvalue weighted by molar-refractivity contribution is 5.10. The summed E-state index contributed by atoms with van der Waals surface area (Å²) < 4.78 is 0. The van der Waals surface area contributed by atoms with Crippen LogP contribution >= 0.6 is 0 Å².